The molecule has 0 saturated carbocycles. The fourth-order valence-electron chi connectivity index (χ4n) is 4.21. The molecule has 2 heterocycles. The summed E-state index contributed by atoms with van der Waals surface area (Å²) >= 11 is 0. The van der Waals surface area contributed by atoms with Crippen molar-refractivity contribution in [3.05, 3.63) is 100 Å². The predicted octanol–water partition coefficient (Wildman–Crippen LogP) is 4.45. The molecule has 0 spiro atoms. The minimum absolute atomic E-state index is 0.270. The lowest BCUT2D eigenvalue weighted by Gasteiger charge is -2.14. The zero-order valence-electron chi connectivity index (χ0n) is 19.3. The Morgan fingerprint density at radius 2 is 1.89 bits per heavy atom. The summed E-state index contributed by atoms with van der Waals surface area (Å²) in [6, 6.07) is 19.4. The highest BCUT2D eigenvalue weighted by molar-refractivity contribution is 5.94. The van der Waals surface area contributed by atoms with E-state index in [-0.39, 0.29) is 6.54 Å². The highest BCUT2D eigenvalue weighted by Crippen LogP contribution is 2.29. The second-order valence-electron chi connectivity index (χ2n) is 8.41. The number of hydrogen-bond acceptors (Lipinski definition) is 4. The second-order valence-corrected chi connectivity index (χ2v) is 8.41. The topological polar surface area (TPSA) is 78.2 Å². The summed E-state index contributed by atoms with van der Waals surface area (Å²) in [4.78, 5) is 25.8. The molecule has 0 aliphatic carbocycles. The summed E-state index contributed by atoms with van der Waals surface area (Å²) in [7, 11) is 1.56. The van der Waals surface area contributed by atoms with Gasteiger partial charge in [0.2, 0.25) is 5.91 Å². The third-order valence-electron chi connectivity index (χ3n) is 5.85. The molecule has 8 heteroatoms. The Morgan fingerprint density at radius 3 is 2.63 bits per heavy atom. The number of aryl methyl sites for hydroxylation is 1. The van der Waals surface area contributed by atoms with Gasteiger partial charge in [0.1, 0.15) is 23.8 Å². The summed E-state index contributed by atoms with van der Waals surface area (Å²) < 4.78 is 22.3. The van der Waals surface area contributed by atoms with Gasteiger partial charge in [-0.25, -0.2) is 9.07 Å². The predicted molar refractivity (Wildman–Crippen MR) is 132 cm³/mol. The Balaban J connectivity index is 1.52. The van der Waals surface area contributed by atoms with E-state index in [9.17, 15) is 14.0 Å². The number of methoxy groups -OCH3 is 1. The first kappa shape index (κ1) is 22.3. The number of benzene rings is 3. The molecule has 1 amide bonds. The van der Waals surface area contributed by atoms with Crippen LogP contribution in [0.2, 0.25) is 0 Å². The fourth-order valence-corrected chi connectivity index (χ4v) is 4.21. The van der Waals surface area contributed by atoms with Gasteiger partial charge >= 0.3 is 0 Å². The van der Waals surface area contributed by atoms with E-state index in [1.165, 1.54) is 12.1 Å². The van der Waals surface area contributed by atoms with Gasteiger partial charge < -0.3 is 14.6 Å². The van der Waals surface area contributed by atoms with Crippen LogP contribution in [-0.2, 0) is 17.9 Å². The molecule has 0 saturated heterocycles. The molecule has 0 fully saturated rings. The monoisotopic (exact) mass is 470 g/mol. The zero-order chi connectivity index (χ0) is 24.5. The Morgan fingerprint density at radius 1 is 1.09 bits per heavy atom. The SMILES string of the molecule is COc1ccc(NC(=O)Cn2nc3c4cc(F)ccc4n(Cc4cccc(C)c4)cc-3c2=O)cc1. The van der Waals surface area contributed by atoms with Crippen molar-refractivity contribution >= 4 is 22.5 Å². The maximum absolute atomic E-state index is 14.2. The van der Waals surface area contributed by atoms with E-state index in [2.05, 4.69) is 16.5 Å². The van der Waals surface area contributed by atoms with Crippen LogP contribution in [0.3, 0.4) is 0 Å². The molecule has 5 rings (SSSR count). The molecule has 0 aromatic heterocycles. The van der Waals surface area contributed by atoms with Crippen LogP contribution in [0.5, 0.6) is 5.75 Å². The Bertz CT molecular complexity index is 1570. The summed E-state index contributed by atoms with van der Waals surface area (Å²) in [5.41, 5.74) is 3.78. The maximum Gasteiger partial charge on any atom is 0.278 e. The molecule has 0 bridgehead atoms. The number of ether oxygens (including phenoxy) is 1. The number of anilines is 1. The third kappa shape index (κ3) is 4.50. The average Bonchev–Trinajstić information content (AvgIpc) is 3.14. The van der Waals surface area contributed by atoms with Gasteiger partial charge in [0.15, 0.2) is 0 Å². The van der Waals surface area contributed by atoms with Gasteiger partial charge in [0, 0.05) is 23.8 Å². The summed E-state index contributed by atoms with van der Waals surface area (Å²) in [6.45, 7) is 2.25. The molecular formula is C27H23FN4O3. The summed E-state index contributed by atoms with van der Waals surface area (Å²) in [6.07, 6.45) is 1.73. The van der Waals surface area contributed by atoms with Gasteiger partial charge in [0.05, 0.1) is 18.2 Å². The van der Waals surface area contributed by atoms with Crippen molar-refractivity contribution in [2.75, 3.05) is 12.4 Å². The van der Waals surface area contributed by atoms with Crippen LogP contribution in [-0.4, -0.2) is 27.4 Å². The van der Waals surface area contributed by atoms with Crippen LogP contribution in [0.4, 0.5) is 10.1 Å². The molecule has 0 unspecified atom stereocenters. The molecule has 35 heavy (non-hydrogen) atoms. The quantitative estimate of drug-likeness (QED) is 0.398. The number of carbonyl (C=O) groups is 1. The Kier molecular flexibility index (Phi) is 5.78. The largest absolute Gasteiger partial charge is 0.497 e. The minimum Gasteiger partial charge on any atom is -0.497 e. The van der Waals surface area contributed by atoms with Gasteiger partial charge in [-0.2, -0.15) is 5.10 Å². The lowest BCUT2D eigenvalue weighted by atomic mass is 10.1. The molecule has 3 aromatic carbocycles. The smallest absolute Gasteiger partial charge is 0.278 e. The summed E-state index contributed by atoms with van der Waals surface area (Å²) in [5.74, 6) is -0.157. The molecule has 2 aliphatic rings. The van der Waals surface area contributed by atoms with Gasteiger partial charge in [-0.3, -0.25) is 9.59 Å². The van der Waals surface area contributed by atoms with E-state index >= 15 is 0 Å². The van der Waals surface area contributed by atoms with E-state index in [4.69, 9.17) is 4.74 Å². The average molecular weight is 471 g/mol. The van der Waals surface area contributed by atoms with Gasteiger partial charge in [-0.15, -0.1) is 0 Å². The first-order valence-corrected chi connectivity index (χ1v) is 11.1. The van der Waals surface area contributed by atoms with Gasteiger partial charge in [0.25, 0.3) is 5.56 Å². The zero-order valence-corrected chi connectivity index (χ0v) is 19.3. The fraction of sp³-hybridized carbons (Fsp3) is 0.148. The number of nitrogens with one attached hydrogen (secondary N) is 1. The van der Waals surface area contributed by atoms with E-state index < -0.39 is 17.3 Å². The van der Waals surface area contributed by atoms with Crippen molar-refractivity contribution in [2.45, 2.75) is 20.0 Å². The molecule has 3 aromatic rings. The van der Waals surface area contributed by atoms with Gasteiger partial charge in [-0.1, -0.05) is 29.8 Å². The lowest BCUT2D eigenvalue weighted by molar-refractivity contribution is -0.116. The minimum atomic E-state index is -0.425. The highest BCUT2D eigenvalue weighted by Gasteiger charge is 2.22. The summed E-state index contributed by atoms with van der Waals surface area (Å²) in [5, 5.41) is 7.66. The van der Waals surface area contributed by atoms with Crippen LogP contribution in [0.15, 0.2) is 77.7 Å². The normalized spacial score (nSPS) is 11.2. The highest BCUT2D eigenvalue weighted by atomic mass is 19.1. The molecule has 1 N–H and O–H groups in total. The van der Waals surface area contributed by atoms with Crippen LogP contribution in [0, 0.1) is 12.7 Å². The number of fused-ring (bicyclic) bond motifs is 3. The third-order valence-corrected chi connectivity index (χ3v) is 5.85. The van der Waals surface area contributed by atoms with E-state index in [1.54, 1.807) is 43.6 Å². The lowest BCUT2D eigenvalue weighted by Crippen LogP contribution is -2.26. The van der Waals surface area contributed by atoms with Crippen molar-refractivity contribution in [3.8, 4) is 17.0 Å². The Labute approximate surface area is 200 Å². The molecular weight excluding hydrogens is 447 g/mol. The number of rotatable bonds is 6. The van der Waals surface area contributed by atoms with Gasteiger partial charge in [-0.05, 0) is 55.0 Å². The number of amides is 1. The number of pyridine rings is 1. The van der Waals surface area contributed by atoms with Crippen LogP contribution < -0.4 is 15.6 Å². The van der Waals surface area contributed by atoms with Crippen LogP contribution in [0.1, 0.15) is 11.1 Å². The number of halogens is 1. The van der Waals surface area contributed by atoms with E-state index in [0.717, 1.165) is 21.3 Å². The molecule has 0 atom stereocenters. The number of carbonyl (C=O) groups excluding carboxylic acids is 1. The molecule has 0 radical (unpaired) electrons. The van der Waals surface area contributed by atoms with Crippen LogP contribution >= 0.6 is 0 Å². The second kappa shape index (κ2) is 9.06. The number of hydrogen-bond donors (Lipinski definition) is 1. The van der Waals surface area contributed by atoms with E-state index in [1.807, 2.05) is 29.7 Å². The standard InChI is InChI=1S/C27H23FN4O3/c1-17-4-3-5-18(12-17)14-31-15-23-26(22-13-19(28)6-11-24(22)31)30-32(27(23)34)16-25(33)29-20-7-9-21(35-2)10-8-20/h3-13,15H,14,16H2,1-2H3,(H,29,33). The first-order chi connectivity index (χ1) is 16.9. The van der Waals surface area contributed by atoms with Crippen molar-refractivity contribution < 1.29 is 13.9 Å². The van der Waals surface area contributed by atoms with E-state index in [0.29, 0.717) is 34.6 Å². The first-order valence-electron chi connectivity index (χ1n) is 11.1. The van der Waals surface area contributed by atoms with Crippen LogP contribution in [0.25, 0.3) is 22.2 Å². The molecule has 7 nitrogen and oxygen atoms in total. The maximum atomic E-state index is 14.2. The number of nitrogens with zero attached hydrogens (tertiary/aromatic N) is 3. The number of aromatic nitrogens is 3. The van der Waals surface area contributed by atoms with Crippen molar-refractivity contribution in [2.24, 2.45) is 0 Å². The molecule has 2 aliphatic heterocycles. The van der Waals surface area contributed by atoms with Crippen molar-refractivity contribution in [1.29, 1.82) is 0 Å². The molecule has 176 valence electrons. The Hall–Kier alpha value is -4.46. The van der Waals surface area contributed by atoms with Crippen molar-refractivity contribution in [3.63, 3.8) is 0 Å². The van der Waals surface area contributed by atoms with Crippen molar-refractivity contribution in [1.82, 2.24) is 14.3 Å².